The highest BCUT2D eigenvalue weighted by molar-refractivity contribution is 7.91. The van der Waals surface area contributed by atoms with Crippen LogP contribution in [-0.2, 0) is 21.6 Å². The first-order valence-corrected chi connectivity index (χ1v) is 14.1. The van der Waals surface area contributed by atoms with Gasteiger partial charge in [0.25, 0.3) is 5.91 Å². The monoisotopic (exact) mass is 516 g/mol. The molecule has 1 unspecified atom stereocenters. The van der Waals surface area contributed by atoms with Crippen LogP contribution in [0.15, 0.2) is 36.4 Å². The summed E-state index contributed by atoms with van der Waals surface area (Å²) in [7, 11) is -1.62. The van der Waals surface area contributed by atoms with Crippen molar-refractivity contribution in [2.24, 2.45) is 13.0 Å². The lowest BCUT2D eigenvalue weighted by Crippen LogP contribution is -2.39. The smallest absolute Gasteiger partial charge is 0.274 e. The van der Waals surface area contributed by atoms with Crippen LogP contribution >= 0.6 is 11.6 Å². The van der Waals surface area contributed by atoms with Gasteiger partial charge in [0.2, 0.25) is 0 Å². The summed E-state index contributed by atoms with van der Waals surface area (Å²) >= 11 is 5.96. The first kappa shape index (κ1) is 24.1. The van der Waals surface area contributed by atoms with Crippen molar-refractivity contribution < 1.29 is 17.9 Å². The number of fused-ring (bicyclic) bond motifs is 1. The van der Waals surface area contributed by atoms with Crippen molar-refractivity contribution in [3.63, 3.8) is 0 Å². The molecule has 1 aromatic heterocycles. The fourth-order valence-electron chi connectivity index (χ4n) is 4.86. The largest absolute Gasteiger partial charge is 0.381 e. The van der Waals surface area contributed by atoms with Gasteiger partial charge in [-0.05, 0) is 79.5 Å². The van der Waals surface area contributed by atoms with E-state index in [0.29, 0.717) is 53.9 Å². The number of aromatic nitrogens is 2. The molecule has 0 bridgehead atoms. The molecule has 2 aromatic carbocycles. The number of sulfone groups is 1. The summed E-state index contributed by atoms with van der Waals surface area (Å²) in [5.74, 6) is 0.0473. The van der Waals surface area contributed by atoms with Crippen LogP contribution in [0.1, 0.15) is 47.7 Å². The van der Waals surface area contributed by atoms with Crippen molar-refractivity contribution in [3.8, 4) is 0 Å². The minimum absolute atomic E-state index is 0.0223. The first-order chi connectivity index (χ1) is 16.7. The second-order valence-electron chi connectivity index (χ2n) is 9.51. The maximum absolute atomic E-state index is 13.2. The molecule has 2 heterocycles. The number of anilines is 2. The minimum Gasteiger partial charge on any atom is -0.381 e. The van der Waals surface area contributed by atoms with Crippen molar-refractivity contribution in [3.05, 3.63) is 52.7 Å². The number of hydrogen-bond acceptors (Lipinski definition) is 6. The van der Waals surface area contributed by atoms with Crippen LogP contribution in [0.4, 0.5) is 11.4 Å². The second kappa shape index (κ2) is 9.44. The molecule has 8 nitrogen and oxygen atoms in total. The van der Waals surface area contributed by atoms with E-state index < -0.39 is 15.2 Å². The van der Waals surface area contributed by atoms with E-state index in [1.165, 1.54) is 6.26 Å². The number of carbonyl (C=O) groups excluding carboxylic acids is 1. The van der Waals surface area contributed by atoms with Crippen molar-refractivity contribution in [2.45, 2.75) is 37.0 Å². The molecular weight excluding hydrogens is 488 g/mol. The van der Waals surface area contributed by atoms with Gasteiger partial charge in [-0.25, -0.2) is 8.42 Å². The number of rotatable bonds is 7. The molecule has 1 saturated heterocycles. The molecule has 3 aromatic rings. The highest BCUT2D eigenvalue weighted by Gasteiger charge is 2.34. The van der Waals surface area contributed by atoms with Gasteiger partial charge in [0.15, 0.2) is 9.84 Å². The third-order valence-electron chi connectivity index (χ3n) is 6.79. The zero-order chi connectivity index (χ0) is 24.7. The Morgan fingerprint density at radius 2 is 1.83 bits per heavy atom. The number of nitrogens with zero attached hydrogens (tertiary/aromatic N) is 2. The summed E-state index contributed by atoms with van der Waals surface area (Å²) in [6.07, 6.45) is 4.76. The highest BCUT2D eigenvalue weighted by atomic mass is 35.5. The van der Waals surface area contributed by atoms with Crippen LogP contribution in [0.25, 0.3) is 10.9 Å². The van der Waals surface area contributed by atoms with E-state index in [0.717, 1.165) is 29.5 Å². The number of carbonyl (C=O) groups is 1. The molecule has 1 atom stereocenters. The number of halogens is 1. The average Bonchev–Trinajstić information content (AvgIpc) is 3.60. The van der Waals surface area contributed by atoms with Crippen LogP contribution in [0.5, 0.6) is 0 Å². The van der Waals surface area contributed by atoms with Gasteiger partial charge in [0.1, 0.15) is 11.1 Å². The topological polar surface area (TPSA) is 102 Å². The molecule has 1 amide bonds. The summed E-state index contributed by atoms with van der Waals surface area (Å²) in [6, 6.07) is 10.8. The maximum atomic E-state index is 13.2. The average molecular weight is 517 g/mol. The van der Waals surface area contributed by atoms with Crippen LogP contribution in [0, 0.1) is 5.92 Å². The van der Waals surface area contributed by atoms with Gasteiger partial charge in [-0.15, -0.1) is 0 Å². The van der Waals surface area contributed by atoms with Crippen molar-refractivity contribution >= 4 is 49.6 Å². The number of nitrogens with one attached hydrogen (secondary N) is 2. The SMILES string of the molecule is Cn1nc2cc(NC(C3CCOCC3)S(C)(=O)=O)c(C3CC3)cc2c1C(=O)Nc1ccc(Cl)cc1. The van der Waals surface area contributed by atoms with Crippen LogP contribution in [0.3, 0.4) is 0 Å². The second-order valence-corrected chi connectivity index (χ2v) is 12.1. The van der Waals surface area contributed by atoms with Crippen molar-refractivity contribution in [1.82, 2.24) is 9.78 Å². The standard InChI is InChI=1S/C25H29ClN4O4S/c1-30-23(24(31)27-18-7-5-17(26)6-8-18)20-13-19(15-3-4-15)21(14-22(20)29-30)28-25(35(2,32)33)16-9-11-34-12-10-16/h5-8,13-16,25,28H,3-4,9-12H2,1-2H3,(H,27,31). The lowest BCUT2D eigenvalue weighted by molar-refractivity contribution is 0.0668. The molecule has 0 radical (unpaired) electrons. The normalized spacial score (nSPS) is 17.9. The number of aryl methyl sites for hydroxylation is 1. The predicted octanol–water partition coefficient (Wildman–Crippen LogP) is 4.57. The summed E-state index contributed by atoms with van der Waals surface area (Å²) in [5, 5.41) is 11.5. The van der Waals surface area contributed by atoms with Crippen LogP contribution in [0.2, 0.25) is 5.02 Å². The first-order valence-electron chi connectivity index (χ1n) is 11.8. The lowest BCUT2D eigenvalue weighted by atomic mass is 9.98. The third-order valence-corrected chi connectivity index (χ3v) is 8.47. The van der Waals surface area contributed by atoms with Gasteiger partial charge in [0.05, 0.1) is 5.52 Å². The Morgan fingerprint density at radius 3 is 2.46 bits per heavy atom. The number of hydrogen-bond donors (Lipinski definition) is 2. The van der Waals surface area contributed by atoms with Crippen LogP contribution in [-0.4, -0.2) is 48.9 Å². The molecule has 2 N–H and O–H groups in total. The molecule has 1 saturated carbocycles. The van der Waals surface area contributed by atoms with Gasteiger partial charge < -0.3 is 15.4 Å². The molecule has 2 fully saturated rings. The van der Waals surface area contributed by atoms with E-state index in [-0.39, 0.29) is 11.8 Å². The summed E-state index contributed by atoms with van der Waals surface area (Å²) in [6.45, 7) is 1.14. The molecule has 35 heavy (non-hydrogen) atoms. The molecule has 0 spiro atoms. The van der Waals surface area contributed by atoms with E-state index in [2.05, 4.69) is 15.7 Å². The Labute approximate surface area is 209 Å². The van der Waals surface area contributed by atoms with Crippen molar-refractivity contribution in [1.29, 1.82) is 0 Å². The van der Waals surface area contributed by atoms with Gasteiger partial charge in [0, 0.05) is 48.3 Å². The Balaban J connectivity index is 1.51. The van der Waals surface area contributed by atoms with Gasteiger partial charge in [-0.3, -0.25) is 9.48 Å². The molecule has 10 heteroatoms. The fraction of sp³-hybridized carbons (Fsp3) is 0.440. The van der Waals surface area contributed by atoms with Gasteiger partial charge in [-0.1, -0.05) is 11.6 Å². The molecule has 1 aliphatic heterocycles. The van der Waals surface area contributed by atoms with Crippen molar-refractivity contribution in [2.75, 3.05) is 30.1 Å². The highest BCUT2D eigenvalue weighted by Crippen LogP contribution is 2.45. The molecule has 2 aliphatic rings. The van der Waals surface area contributed by atoms with E-state index in [4.69, 9.17) is 16.3 Å². The maximum Gasteiger partial charge on any atom is 0.274 e. The summed E-state index contributed by atoms with van der Waals surface area (Å²) in [4.78, 5) is 13.2. The third kappa shape index (κ3) is 5.17. The van der Waals surface area contributed by atoms with E-state index in [1.807, 2.05) is 12.1 Å². The van der Waals surface area contributed by atoms with Gasteiger partial charge in [-0.2, -0.15) is 5.10 Å². The zero-order valence-corrected chi connectivity index (χ0v) is 21.3. The Bertz CT molecular complexity index is 1360. The molecule has 186 valence electrons. The molecule has 5 rings (SSSR count). The predicted molar refractivity (Wildman–Crippen MR) is 138 cm³/mol. The number of amides is 1. The number of ether oxygens (including phenoxy) is 1. The van der Waals surface area contributed by atoms with E-state index >= 15 is 0 Å². The number of benzene rings is 2. The molecular formula is C25H29ClN4O4S. The van der Waals surface area contributed by atoms with Crippen LogP contribution < -0.4 is 10.6 Å². The fourth-order valence-corrected chi connectivity index (χ4v) is 6.30. The van der Waals surface area contributed by atoms with E-state index in [9.17, 15) is 13.2 Å². The van der Waals surface area contributed by atoms with Gasteiger partial charge >= 0.3 is 0 Å². The molecule has 1 aliphatic carbocycles. The minimum atomic E-state index is -3.36. The summed E-state index contributed by atoms with van der Waals surface area (Å²) in [5.41, 5.74) is 3.55. The quantitative estimate of drug-likeness (QED) is 0.477. The summed E-state index contributed by atoms with van der Waals surface area (Å²) < 4.78 is 32.5. The Kier molecular flexibility index (Phi) is 6.50. The zero-order valence-electron chi connectivity index (χ0n) is 19.8. The Hall–Kier alpha value is -2.62. The van der Waals surface area contributed by atoms with E-state index in [1.54, 1.807) is 36.0 Å². The lowest BCUT2D eigenvalue weighted by Gasteiger charge is -2.31. The Morgan fingerprint density at radius 1 is 1.14 bits per heavy atom.